The molecule has 5 heteroatoms. The minimum absolute atomic E-state index is 0.0726. The van der Waals surface area contributed by atoms with Crippen LogP contribution in [0.5, 0.6) is 5.75 Å². The molecule has 0 aliphatic rings. The molecule has 0 aliphatic heterocycles. The molecule has 0 aliphatic carbocycles. The Labute approximate surface area is 142 Å². The van der Waals surface area contributed by atoms with Gasteiger partial charge >= 0.3 is 0 Å². The van der Waals surface area contributed by atoms with Crippen LogP contribution in [-0.2, 0) is 9.59 Å². The zero-order chi connectivity index (χ0) is 17.5. The lowest BCUT2D eigenvalue weighted by Crippen LogP contribution is -2.20. The Hall–Kier alpha value is -2.82. The molecule has 24 heavy (non-hydrogen) atoms. The van der Waals surface area contributed by atoms with E-state index in [1.165, 1.54) is 0 Å². The zero-order valence-electron chi connectivity index (χ0n) is 14.2. The number of ether oxygens (including phenoxy) is 1. The predicted molar refractivity (Wildman–Crippen MR) is 95.4 cm³/mol. The maximum absolute atomic E-state index is 12.0. The van der Waals surface area contributed by atoms with Crippen molar-refractivity contribution in [2.45, 2.75) is 27.2 Å². The van der Waals surface area contributed by atoms with Crippen molar-refractivity contribution in [3.05, 3.63) is 53.6 Å². The number of hydrogen-bond acceptors (Lipinski definition) is 3. The summed E-state index contributed by atoms with van der Waals surface area (Å²) in [6.45, 7) is 5.67. The third kappa shape index (κ3) is 5.43. The third-order valence-electron chi connectivity index (χ3n) is 3.32. The van der Waals surface area contributed by atoms with Gasteiger partial charge in [-0.1, -0.05) is 19.1 Å². The average Bonchev–Trinajstić information content (AvgIpc) is 2.52. The lowest BCUT2D eigenvalue weighted by molar-refractivity contribution is -0.118. The Kier molecular flexibility index (Phi) is 5.95. The van der Waals surface area contributed by atoms with Crippen LogP contribution < -0.4 is 15.4 Å². The van der Waals surface area contributed by atoms with E-state index in [0.717, 1.165) is 11.1 Å². The van der Waals surface area contributed by atoms with E-state index < -0.39 is 0 Å². The van der Waals surface area contributed by atoms with E-state index in [0.29, 0.717) is 23.5 Å². The highest BCUT2D eigenvalue weighted by atomic mass is 16.5. The van der Waals surface area contributed by atoms with Crippen molar-refractivity contribution in [3.63, 3.8) is 0 Å². The fourth-order valence-corrected chi connectivity index (χ4v) is 2.29. The van der Waals surface area contributed by atoms with Gasteiger partial charge in [-0.15, -0.1) is 0 Å². The first-order valence-electron chi connectivity index (χ1n) is 7.87. The van der Waals surface area contributed by atoms with Crippen LogP contribution in [0.4, 0.5) is 11.4 Å². The molecule has 0 saturated carbocycles. The van der Waals surface area contributed by atoms with E-state index in [-0.39, 0.29) is 18.4 Å². The van der Waals surface area contributed by atoms with Crippen LogP contribution in [0, 0.1) is 13.8 Å². The molecule has 2 N–H and O–H groups in total. The number of amides is 2. The molecule has 0 unspecified atom stereocenters. The molecule has 0 radical (unpaired) electrons. The van der Waals surface area contributed by atoms with Crippen molar-refractivity contribution in [1.29, 1.82) is 0 Å². The number of hydrogen-bond donors (Lipinski definition) is 2. The topological polar surface area (TPSA) is 67.4 Å². The largest absolute Gasteiger partial charge is 0.484 e. The highest BCUT2D eigenvalue weighted by Crippen LogP contribution is 2.17. The first kappa shape index (κ1) is 17.5. The van der Waals surface area contributed by atoms with E-state index in [1.54, 1.807) is 31.2 Å². The minimum atomic E-state index is -0.256. The number of rotatable bonds is 6. The van der Waals surface area contributed by atoms with Gasteiger partial charge in [0.2, 0.25) is 5.91 Å². The van der Waals surface area contributed by atoms with Gasteiger partial charge in [-0.2, -0.15) is 0 Å². The normalized spacial score (nSPS) is 10.1. The van der Waals surface area contributed by atoms with E-state index in [4.69, 9.17) is 4.74 Å². The molecule has 0 bridgehead atoms. The van der Waals surface area contributed by atoms with Crippen LogP contribution in [-0.4, -0.2) is 18.4 Å². The number of benzene rings is 2. The van der Waals surface area contributed by atoms with Crippen molar-refractivity contribution in [1.82, 2.24) is 0 Å². The van der Waals surface area contributed by atoms with Gasteiger partial charge < -0.3 is 15.4 Å². The molecule has 2 aromatic carbocycles. The number of anilines is 2. The predicted octanol–water partition coefficient (Wildman–Crippen LogP) is 3.67. The summed E-state index contributed by atoms with van der Waals surface area (Å²) in [6.07, 6.45) is 0.403. The van der Waals surface area contributed by atoms with Crippen molar-refractivity contribution < 1.29 is 14.3 Å². The summed E-state index contributed by atoms with van der Waals surface area (Å²) < 4.78 is 5.53. The van der Waals surface area contributed by atoms with Crippen LogP contribution in [0.3, 0.4) is 0 Å². The first-order valence-corrected chi connectivity index (χ1v) is 7.87. The van der Waals surface area contributed by atoms with Crippen LogP contribution in [0.15, 0.2) is 42.5 Å². The molecule has 0 atom stereocenters. The Balaban J connectivity index is 1.92. The number of carbonyl (C=O) groups excluding carboxylic acids is 2. The summed E-state index contributed by atoms with van der Waals surface area (Å²) in [5, 5.41) is 5.51. The summed E-state index contributed by atoms with van der Waals surface area (Å²) in [5.41, 5.74) is 3.43. The maximum atomic E-state index is 12.0. The smallest absolute Gasteiger partial charge is 0.262 e. The van der Waals surface area contributed by atoms with Gasteiger partial charge in [0.15, 0.2) is 6.61 Å². The highest BCUT2D eigenvalue weighted by molar-refractivity contribution is 5.94. The third-order valence-corrected chi connectivity index (χ3v) is 3.32. The fourth-order valence-electron chi connectivity index (χ4n) is 2.29. The van der Waals surface area contributed by atoms with E-state index in [2.05, 4.69) is 10.6 Å². The van der Waals surface area contributed by atoms with Gasteiger partial charge in [-0.3, -0.25) is 9.59 Å². The van der Waals surface area contributed by atoms with Gasteiger partial charge in [0.05, 0.1) is 0 Å². The van der Waals surface area contributed by atoms with Crippen LogP contribution in [0.2, 0.25) is 0 Å². The summed E-state index contributed by atoms with van der Waals surface area (Å²) >= 11 is 0. The number of nitrogens with one attached hydrogen (secondary N) is 2. The molecule has 126 valence electrons. The summed E-state index contributed by atoms with van der Waals surface area (Å²) in [7, 11) is 0. The number of aryl methyl sites for hydroxylation is 2. The van der Waals surface area contributed by atoms with Crippen molar-refractivity contribution >= 4 is 23.2 Å². The average molecular weight is 326 g/mol. The molecular weight excluding hydrogens is 304 g/mol. The zero-order valence-corrected chi connectivity index (χ0v) is 14.2. The van der Waals surface area contributed by atoms with Crippen molar-refractivity contribution in [2.24, 2.45) is 0 Å². The molecule has 0 saturated heterocycles. The lowest BCUT2D eigenvalue weighted by atomic mass is 10.1. The second-order valence-electron chi connectivity index (χ2n) is 5.64. The van der Waals surface area contributed by atoms with Gasteiger partial charge in [0, 0.05) is 17.8 Å². The van der Waals surface area contributed by atoms with Crippen molar-refractivity contribution in [3.8, 4) is 5.75 Å². The molecule has 2 aromatic rings. The summed E-state index contributed by atoms with van der Waals surface area (Å²) in [4.78, 5) is 23.4. The van der Waals surface area contributed by atoms with Crippen LogP contribution in [0.25, 0.3) is 0 Å². The van der Waals surface area contributed by atoms with E-state index in [1.807, 2.05) is 32.0 Å². The standard InChI is InChI=1S/C19H22N2O3/c1-4-18(22)20-15-6-5-7-16(11-15)21-19(23)12-24-17-9-13(2)8-14(3)10-17/h5-11H,4,12H2,1-3H3,(H,20,22)(H,21,23). The van der Waals surface area contributed by atoms with Crippen LogP contribution >= 0.6 is 0 Å². The lowest BCUT2D eigenvalue weighted by Gasteiger charge is -2.10. The first-order chi connectivity index (χ1) is 11.5. The molecule has 0 fully saturated rings. The molecule has 2 amide bonds. The molecular formula is C19H22N2O3. The highest BCUT2D eigenvalue weighted by Gasteiger charge is 2.06. The van der Waals surface area contributed by atoms with E-state index in [9.17, 15) is 9.59 Å². The summed E-state index contributed by atoms with van der Waals surface area (Å²) in [6, 6.07) is 12.8. The maximum Gasteiger partial charge on any atom is 0.262 e. The van der Waals surface area contributed by atoms with Gasteiger partial charge in [-0.05, 0) is 55.3 Å². The fraction of sp³-hybridized carbons (Fsp3) is 0.263. The Morgan fingerprint density at radius 3 is 2.08 bits per heavy atom. The molecule has 5 nitrogen and oxygen atoms in total. The van der Waals surface area contributed by atoms with Crippen LogP contribution in [0.1, 0.15) is 24.5 Å². The van der Waals surface area contributed by atoms with Gasteiger partial charge in [0.25, 0.3) is 5.91 Å². The molecule has 0 spiro atoms. The minimum Gasteiger partial charge on any atom is -0.484 e. The summed E-state index contributed by atoms with van der Waals surface area (Å²) in [5.74, 6) is 0.344. The van der Waals surface area contributed by atoms with Gasteiger partial charge in [0.1, 0.15) is 5.75 Å². The van der Waals surface area contributed by atoms with Crippen molar-refractivity contribution in [2.75, 3.05) is 17.2 Å². The Bertz CT molecular complexity index is 721. The van der Waals surface area contributed by atoms with Gasteiger partial charge in [-0.25, -0.2) is 0 Å². The molecule has 0 aromatic heterocycles. The monoisotopic (exact) mass is 326 g/mol. The SMILES string of the molecule is CCC(=O)Nc1cccc(NC(=O)COc2cc(C)cc(C)c2)c1. The molecule has 0 heterocycles. The second kappa shape index (κ2) is 8.15. The quantitative estimate of drug-likeness (QED) is 0.851. The Morgan fingerprint density at radius 1 is 0.917 bits per heavy atom. The Morgan fingerprint density at radius 2 is 1.50 bits per heavy atom. The van der Waals surface area contributed by atoms with E-state index >= 15 is 0 Å². The second-order valence-corrected chi connectivity index (χ2v) is 5.64. The molecule has 2 rings (SSSR count). The number of carbonyl (C=O) groups is 2.